The summed E-state index contributed by atoms with van der Waals surface area (Å²) in [4.78, 5) is 56.3. The highest BCUT2D eigenvalue weighted by molar-refractivity contribution is 5.90. The van der Waals surface area contributed by atoms with Crippen LogP contribution in [0.2, 0.25) is 0 Å². The number of nitrogens with one attached hydrogen (secondary N) is 5. The topological polar surface area (TPSA) is 270 Å². The van der Waals surface area contributed by atoms with Crippen molar-refractivity contribution in [2.24, 2.45) is 11.5 Å². The van der Waals surface area contributed by atoms with Crippen LogP contribution in [0, 0.1) is 19.3 Å². The van der Waals surface area contributed by atoms with Gasteiger partial charge in [0.25, 0.3) is 5.91 Å². The molecule has 3 rings (SSSR count). The molecule has 3 aromatic rings. The van der Waals surface area contributed by atoms with E-state index in [1.165, 1.54) is 0 Å². The molecule has 0 bridgehead atoms. The quantitative estimate of drug-likeness (QED) is 0.0498. The summed E-state index contributed by atoms with van der Waals surface area (Å²) < 4.78 is 16.1. The summed E-state index contributed by atoms with van der Waals surface area (Å²) in [6.07, 6.45) is -0.959. The van der Waals surface area contributed by atoms with Gasteiger partial charge >= 0.3 is 12.2 Å². The second kappa shape index (κ2) is 20.4. The molecule has 17 heteroatoms. The van der Waals surface area contributed by atoms with Crippen LogP contribution in [0.25, 0.3) is 0 Å². The van der Waals surface area contributed by atoms with E-state index in [1.54, 1.807) is 46.8 Å². The van der Waals surface area contributed by atoms with Crippen molar-refractivity contribution in [2.75, 3.05) is 13.1 Å². The third-order valence-corrected chi connectivity index (χ3v) is 8.12. The summed E-state index contributed by atoms with van der Waals surface area (Å²) in [5.74, 6) is -0.996. The predicted molar refractivity (Wildman–Crippen MR) is 199 cm³/mol. The number of alkyl carbamates (subject to hydrolysis) is 1. The van der Waals surface area contributed by atoms with Crippen molar-refractivity contribution in [3.63, 3.8) is 0 Å². The second-order valence-corrected chi connectivity index (χ2v) is 13.9. The van der Waals surface area contributed by atoms with Crippen LogP contribution in [0.1, 0.15) is 92.9 Å². The van der Waals surface area contributed by atoms with Crippen LogP contribution in [0.3, 0.4) is 0 Å². The van der Waals surface area contributed by atoms with E-state index in [-0.39, 0.29) is 43.4 Å². The summed E-state index contributed by atoms with van der Waals surface area (Å²) in [5, 5.41) is 32.7. The third-order valence-electron chi connectivity index (χ3n) is 8.12. The Morgan fingerprint density at radius 3 is 2.22 bits per heavy atom. The number of guanidine groups is 1. The van der Waals surface area contributed by atoms with E-state index in [0.717, 1.165) is 5.56 Å². The lowest BCUT2D eigenvalue weighted by molar-refractivity contribution is -0.134. The monoisotopic (exact) mass is 751 g/mol. The number of phenolic OH excluding ortho intramolecular Hbond substituents is 1. The van der Waals surface area contributed by atoms with Gasteiger partial charge in [0.15, 0.2) is 17.9 Å². The van der Waals surface area contributed by atoms with E-state index >= 15 is 0 Å². The van der Waals surface area contributed by atoms with Crippen molar-refractivity contribution >= 4 is 30.0 Å². The Kier molecular flexibility index (Phi) is 16.1. The predicted octanol–water partition coefficient (Wildman–Crippen LogP) is 3.29. The van der Waals surface area contributed by atoms with Crippen LogP contribution >= 0.6 is 0 Å². The van der Waals surface area contributed by atoms with Gasteiger partial charge in [-0.15, -0.1) is 0 Å². The molecule has 0 saturated heterocycles. The van der Waals surface area contributed by atoms with Crippen LogP contribution < -0.4 is 32.7 Å². The number of ether oxygens (including phenoxy) is 2. The smallest absolute Gasteiger partial charge is 0.407 e. The number of phenols is 1. The molecule has 0 unspecified atom stereocenters. The van der Waals surface area contributed by atoms with Gasteiger partial charge in [0.1, 0.15) is 23.4 Å². The Morgan fingerprint density at radius 2 is 1.59 bits per heavy atom. The van der Waals surface area contributed by atoms with Gasteiger partial charge < -0.3 is 51.8 Å². The zero-order chi connectivity index (χ0) is 39.8. The number of nitrogens with two attached hydrogens (primary N) is 2. The fourth-order valence-electron chi connectivity index (χ4n) is 5.63. The third kappa shape index (κ3) is 15.0. The van der Waals surface area contributed by atoms with Crippen LogP contribution in [-0.2, 0) is 31.9 Å². The fourth-order valence-corrected chi connectivity index (χ4v) is 5.63. The number of amides is 4. The highest BCUT2D eigenvalue weighted by Crippen LogP contribution is 2.24. The number of carbonyl (C=O) groups is 4. The zero-order valence-corrected chi connectivity index (χ0v) is 31.5. The normalized spacial score (nSPS) is 12.8. The summed E-state index contributed by atoms with van der Waals surface area (Å²) in [5.41, 5.74) is 13.0. The number of hydrogen-bond donors (Lipinski definition) is 8. The summed E-state index contributed by atoms with van der Waals surface area (Å²) in [7, 11) is 0. The van der Waals surface area contributed by atoms with Crippen LogP contribution in [0.5, 0.6) is 5.75 Å². The molecule has 4 amide bonds. The maximum atomic E-state index is 14.2. The number of primary amides is 1. The second-order valence-electron chi connectivity index (χ2n) is 13.9. The molecule has 0 fully saturated rings. The van der Waals surface area contributed by atoms with Crippen LogP contribution in [0.15, 0.2) is 47.0 Å². The van der Waals surface area contributed by atoms with Gasteiger partial charge in [-0.05, 0) is 101 Å². The van der Waals surface area contributed by atoms with E-state index < -0.39 is 47.8 Å². The van der Waals surface area contributed by atoms with E-state index in [9.17, 15) is 24.3 Å². The minimum Gasteiger partial charge on any atom is -0.508 e. The Labute approximate surface area is 314 Å². The highest BCUT2D eigenvalue weighted by Gasteiger charge is 2.31. The minimum atomic E-state index is -1.35. The lowest BCUT2D eigenvalue weighted by Crippen LogP contribution is -2.52. The zero-order valence-electron chi connectivity index (χ0n) is 31.5. The van der Waals surface area contributed by atoms with Gasteiger partial charge in [-0.25, -0.2) is 9.59 Å². The molecule has 0 aliphatic rings. The van der Waals surface area contributed by atoms with Gasteiger partial charge in [-0.2, -0.15) is 4.98 Å². The Balaban J connectivity index is 1.87. The number of aromatic nitrogens is 2. The number of aryl methyl sites for hydroxylation is 2. The van der Waals surface area contributed by atoms with Gasteiger partial charge in [0.05, 0.1) is 0 Å². The van der Waals surface area contributed by atoms with Gasteiger partial charge in [0.2, 0.25) is 11.8 Å². The Morgan fingerprint density at radius 1 is 0.926 bits per heavy atom. The first kappa shape index (κ1) is 42.5. The lowest BCUT2D eigenvalue weighted by atomic mass is 9.95. The standard InChI is InChI=1S/C37H53N9O8/c1-22-18-25(47)19-23(2)26(22)21-28(44-32(49)29(52-35(40)50)15-11-17-41-34(38)39)31(48)43-27(14-9-10-16-42-36(51)53-37(3,4)5)33-45-30(46-54-33)20-24-12-7-6-8-13-24/h6-8,12-13,18-19,27-29,47H,9-11,14-17,20-21H2,1-5H3,(H2,40,50)(H,42,51)(H,43,48)(H,44,49)(H4,38,39,41)/t27-,28-,29-/m0/s1. The Hall–Kier alpha value is -5.87. The van der Waals surface area contributed by atoms with Crippen molar-refractivity contribution in [1.82, 2.24) is 31.4 Å². The average molecular weight is 752 g/mol. The van der Waals surface area contributed by atoms with Crippen molar-refractivity contribution in [2.45, 2.75) is 103 Å². The molecule has 17 nitrogen and oxygen atoms in total. The number of hydrogen-bond acceptors (Lipinski definition) is 11. The first-order chi connectivity index (χ1) is 25.5. The van der Waals surface area contributed by atoms with Crippen LogP contribution in [-0.4, -0.2) is 76.0 Å². The van der Waals surface area contributed by atoms with Crippen LogP contribution in [0.4, 0.5) is 9.59 Å². The van der Waals surface area contributed by atoms with E-state index in [2.05, 4.69) is 31.4 Å². The number of nitrogens with zero attached hydrogens (tertiary/aromatic N) is 2. The van der Waals surface area contributed by atoms with E-state index in [0.29, 0.717) is 54.7 Å². The highest BCUT2D eigenvalue weighted by atomic mass is 16.6. The number of unbranched alkanes of at least 4 members (excludes halogenated alkanes) is 1. The largest absolute Gasteiger partial charge is 0.508 e. The van der Waals surface area contributed by atoms with E-state index in [1.807, 2.05) is 30.3 Å². The number of rotatable bonds is 19. The molecule has 10 N–H and O–H groups in total. The first-order valence-electron chi connectivity index (χ1n) is 17.8. The summed E-state index contributed by atoms with van der Waals surface area (Å²) in [6, 6.07) is 10.7. The molecule has 0 saturated carbocycles. The summed E-state index contributed by atoms with van der Waals surface area (Å²) >= 11 is 0. The number of carbonyl (C=O) groups excluding carboxylic acids is 4. The number of benzene rings is 2. The Bertz CT molecular complexity index is 1700. The maximum absolute atomic E-state index is 14.2. The van der Waals surface area contributed by atoms with Crippen molar-refractivity contribution in [3.05, 3.63) is 76.4 Å². The first-order valence-corrected chi connectivity index (χ1v) is 17.8. The average Bonchev–Trinajstić information content (AvgIpc) is 3.53. The number of aromatic hydroxyl groups is 1. The van der Waals surface area contributed by atoms with Gasteiger partial charge in [0, 0.05) is 25.9 Å². The molecule has 0 radical (unpaired) electrons. The molecule has 0 aliphatic carbocycles. The van der Waals surface area contributed by atoms with Gasteiger partial charge in [-0.3, -0.25) is 15.0 Å². The molecule has 54 heavy (non-hydrogen) atoms. The molecule has 2 aromatic carbocycles. The molecule has 3 atom stereocenters. The molecule has 0 spiro atoms. The lowest BCUT2D eigenvalue weighted by Gasteiger charge is -2.25. The molecule has 1 aromatic heterocycles. The van der Waals surface area contributed by atoms with Crippen molar-refractivity contribution in [1.29, 1.82) is 5.41 Å². The van der Waals surface area contributed by atoms with Crippen molar-refractivity contribution in [3.8, 4) is 5.75 Å². The fraction of sp³-hybridized carbons (Fsp3) is 0.486. The molecule has 294 valence electrons. The summed E-state index contributed by atoms with van der Waals surface area (Å²) in [6.45, 7) is 9.42. The SMILES string of the molecule is Cc1cc(O)cc(C)c1C[C@H](NC(=O)[C@H](CCCNC(=N)N)OC(N)=O)C(=O)N[C@@H](CCCCNC(=O)OC(C)(C)C)c1nc(Cc2ccccc2)no1. The molecular weight excluding hydrogens is 698 g/mol. The molecule has 1 heterocycles. The van der Waals surface area contributed by atoms with Crippen molar-refractivity contribution < 1.29 is 38.3 Å². The molecular formula is C37H53N9O8. The minimum absolute atomic E-state index is 0.0142. The van der Waals surface area contributed by atoms with E-state index in [4.69, 9.17) is 30.9 Å². The maximum Gasteiger partial charge on any atom is 0.407 e. The molecule has 0 aliphatic heterocycles. The van der Waals surface area contributed by atoms with Gasteiger partial charge in [-0.1, -0.05) is 35.5 Å².